The van der Waals surface area contributed by atoms with E-state index in [1.165, 1.54) is 12.1 Å². The number of para-hydroxylation sites is 1. The third-order valence-corrected chi connectivity index (χ3v) is 5.92. The molecule has 3 rings (SSSR count). The molecule has 2 aromatic carbocycles. The van der Waals surface area contributed by atoms with Crippen LogP contribution in [0.4, 0.5) is 5.69 Å². The van der Waals surface area contributed by atoms with E-state index in [2.05, 4.69) is 15.4 Å². The molecule has 0 heterocycles. The third kappa shape index (κ3) is 5.38. The Hall–Kier alpha value is -2.22. The fourth-order valence-corrected chi connectivity index (χ4v) is 3.85. The summed E-state index contributed by atoms with van der Waals surface area (Å²) in [5.41, 5.74) is 1.99. The molecule has 1 aliphatic rings. The van der Waals surface area contributed by atoms with Crippen molar-refractivity contribution in [1.82, 2.24) is 10.0 Å². The van der Waals surface area contributed by atoms with Gasteiger partial charge < -0.3 is 10.6 Å². The van der Waals surface area contributed by atoms with Gasteiger partial charge in [0.25, 0.3) is 5.91 Å². The number of amides is 1. The van der Waals surface area contributed by atoms with Gasteiger partial charge in [-0.1, -0.05) is 31.2 Å². The van der Waals surface area contributed by atoms with Crippen molar-refractivity contribution >= 4 is 21.6 Å². The third-order valence-electron chi connectivity index (χ3n) is 4.50. The summed E-state index contributed by atoms with van der Waals surface area (Å²) >= 11 is 0. The summed E-state index contributed by atoms with van der Waals surface area (Å²) in [6.45, 7) is 3.95. The van der Waals surface area contributed by atoms with Crippen LogP contribution in [0.25, 0.3) is 0 Å². The number of nitrogens with one attached hydrogen (secondary N) is 3. The molecule has 1 saturated carbocycles. The van der Waals surface area contributed by atoms with Gasteiger partial charge in [0, 0.05) is 24.3 Å². The van der Waals surface area contributed by atoms with Crippen LogP contribution in [0, 0.1) is 5.92 Å². The molecular formula is C20H25N3O3S. The minimum absolute atomic E-state index is 0.108. The second-order valence-electron chi connectivity index (χ2n) is 6.71. The van der Waals surface area contributed by atoms with Crippen LogP contribution < -0.4 is 15.4 Å². The Morgan fingerprint density at radius 1 is 1.11 bits per heavy atom. The van der Waals surface area contributed by atoms with Crippen molar-refractivity contribution in [2.24, 2.45) is 5.92 Å². The zero-order valence-electron chi connectivity index (χ0n) is 15.4. The van der Waals surface area contributed by atoms with Crippen molar-refractivity contribution in [1.29, 1.82) is 0 Å². The van der Waals surface area contributed by atoms with Gasteiger partial charge in [0.05, 0.1) is 4.90 Å². The van der Waals surface area contributed by atoms with Crippen LogP contribution in [0.2, 0.25) is 0 Å². The minimum Gasteiger partial charge on any atom is -0.322 e. The minimum atomic E-state index is -3.60. The van der Waals surface area contributed by atoms with Gasteiger partial charge in [0.15, 0.2) is 0 Å². The van der Waals surface area contributed by atoms with Gasteiger partial charge in [-0.15, -0.1) is 0 Å². The summed E-state index contributed by atoms with van der Waals surface area (Å²) < 4.78 is 27.5. The summed E-state index contributed by atoms with van der Waals surface area (Å²) in [5.74, 6) is 0.109. The zero-order chi connectivity index (χ0) is 19.3. The number of hydrogen-bond donors (Lipinski definition) is 3. The maximum Gasteiger partial charge on any atom is 0.255 e. The molecule has 1 aliphatic carbocycles. The van der Waals surface area contributed by atoms with Gasteiger partial charge in [0.1, 0.15) is 0 Å². The molecule has 27 heavy (non-hydrogen) atoms. The van der Waals surface area contributed by atoms with Crippen LogP contribution >= 0.6 is 0 Å². The number of anilines is 1. The van der Waals surface area contributed by atoms with E-state index >= 15 is 0 Å². The lowest BCUT2D eigenvalue weighted by Gasteiger charge is -2.12. The first-order valence-corrected chi connectivity index (χ1v) is 10.7. The highest BCUT2D eigenvalue weighted by atomic mass is 32.2. The van der Waals surface area contributed by atoms with E-state index < -0.39 is 10.0 Å². The van der Waals surface area contributed by atoms with E-state index in [4.69, 9.17) is 0 Å². The van der Waals surface area contributed by atoms with Gasteiger partial charge >= 0.3 is 0 Å². The van der Waals surface area contributed by atoms with Gasteiger partial charge in [0.2, 0.25) is 10.0 Å². The SMILES string of the molecule is CCNCc1ccccc1NC(=O)c1cccc(S(=O)(=O)NCC2CC2)c1. The first-order valence-electron chi connectivity index (χ1n) is 9.19. The maximum absolute atomic E-state index is 12.6. The van der Waals surface area contributed by atoms with Crippen molar-refractivity contribution < 1.29 is 13.2 Å². The predicted molar refractivity (Wildman–Crippen MR) is 106 cm³/mol. The van der Waals surface area contributed by atoms with Crippen LogP contribution in [0.1, 0.15) is 35.7 Å². The Balaban J connectivity index is 1.74. The molecule has 0 aromatic heterocycles. The highest BCUT2D eigenvalue weighted by molar-refractivity contribution is 7.89. The molecule has 7 heteroatoms. The van der Waals surface area contributed by atoms with E-state index in [-0.39, 0.29) is 10.8 Å². The molecule has 0 aliphatic heterocycles. The fourth-order valence-electron chi connectivity index (χ4n) is 2.69. The van der Waals surface area contributed by atoms with Crippen molar-refractivity contribution in [2.75, 3.05) is 18.4 Å². The molecule has 144 valence electrons. The number of carbonyl (C=O) groups is 1. The highest BCUT2D eigenvalue weighted by Gasteiger charge is 2.24. The molecule has 1 fully saturated rings. The van der Waals surface area contributed by atoms with Crippen LogP contribution in [0.3, 0.4) is 0 Å². The lowest BCUT2D eigenvalue weighted by molar-refractivity contribution is 0.102. The van der Waals surface area contributed by atoms with Gasteiger partial charge in [-0.2, -0.15) is 0 Å². The van der Waals surface area contributed by atoms with Crippen LogP contribution in [0.15, 0.2) is 53.4 Å². The summed E-state index contributed by atoms with van der Waals surface area (Å²) in [4.78, 5) is 12.8. The lowest BCUT2D eigenvalue weighted by Crippen LogP contribution is -2.26. The first-order chi connectivity index (χ1) is 13.0. The Labute approximate surface area is 160 Å². The smallest absolute Gasteiger partial charge is 0.255 e. The number of carbonyl (C=O) groups excluding carboxylic acids is 1. The molecule has 0 saturated heterocycles. The van der Waals surface area contributed by atoms with Gasteiger partial charge in [-0.25, -0.2) is 13.1 Å². The van der Waals surface area contributed by atoms with Gasteiger partial charge in [-0.05, 0) is 55.1 Å². The number of benzene rings is 2. The fraction of sp³-hybridized carbons (Fsp3) is 0.350. The van der Waals surface area contributed by atoms with Crippen LogP contribution in [-0.4, -0.2) is 27.4 Å². The van der Waals surface area contributed by atoms with Crippen LogP contribution in [0.5, 0.6) is 0 Å². The molecule has 2 aromatic rings. The van der Waals surface area contributed by atoms with Crippen LogP contribution in [-0.2, 0) is 16.6 Å². The summed E-state index contributed by atoms with van der Waals surface area (Å²) in [6.07, 6.45) is 2.13. The molecule has 0 bridgehead atoms. The lowest BCUT2D eigenvalue weighted by atomic mass is 10.1. The number of sulfonamides is 1. The van der Waals surface area contributed by atoms with Crippen molar-refractivity contribution in [2.45, 2.75) is 31.2 Å². The molecule has 0 spiro atoms. The van der Waals surface area contributed by atoms with E-state index in [0.717, 1.165) is 24.9 Å². The highest BCUT2D eigenvalue weighted by Crippen LogP contribution is 2.28. The predicted octanol–water partition coefficient (Wildman–Crippen LogP) is 2.74. The molecule has 6 nitrogen and oxygen atoms in total. The quantitative estimate of drug-likeness (QED) is 0.617. The van der Waals surface area contributed by atoms with Crippen molar-refractivity contribution in [3.63, 3.8) is 0 Å². The van der Waals surface area contributed by atoms with Gasteiger partial charge in [-0.3, -0.25) is 4.79 Å². The van der Waals surface area contributed by atoms with E-state index in [1.807, 2.05) is 31.2 Å². The molecule has 1 amide bonds. The average Bonchev–Trinajstić information content (AvgIpc) is 3.50. The Bertz CT molecular complexity index is 908. The maximum atomic E-state index is 12.6. The molecule has 0 radical (unpaired) electrons. The van der Waals surface area contributed by atoms with Crippen molar-refractivity contribution in [3.8, 4) is 0 Å². The molecule has 3 N–H and O–H groups in total. The topological polar surface area (TPSA) is 87.3 Å². The van der Waals surface area contributed by atoms with Crippen molar-refractivity contribution in [3.05, 3.63) is 59.7 Å². The average molecular weight is 388 g/mol. The second kappa shape index (κ2) is 8.65. The standard InChI is InChI=1S/C20H25N3O3S/c1-2-21-14-17-6-3-4-9-19(17)23-20(24)16-7-5-8-18(12-16)27(25,26)22-13-15-10-11-15/h3-9,12,15,21-22H,2,10-11,13-14H2,1H3,(H,23,24). The molecule has 0 unspecified atom stereocenters. The Morgan fingerprint density at radius 3 is 2.63 bits per heavy atom. The Morgan fingerprint density at radius 2 is 1.89 bits per heavy atom. The summed E-state index contributed by atoms with van der Waals surface area (Å²) in [6, 6.07) is 13.7. The zero-order valence-corrected chi connectivity index (χ0v) is 16.2. The molecule has 0 atom stereocenters. The number of rotatable bonds is 9. The number of hydrogen-bond acceptors (Lipinski definition) is 4. The summed E-state index contributed by atoms with van der Waals surface area (Å²) in [5, 5.41) is 6.12. The normalized spacial score (nSPS) is 14.1. The molecular weight excluding hydrogens is 362 g/mol. The van der Waals surface area contributed by atoms with E-state index in [1.54, 1.807) is 12.1 Å². The Kier molecular flexibility index (Phi) is 6.26. The largest absolute Gasteiger partial charge is 0.322 e. The van der Waals surface area contributed by atoms with E-state index in [9.17, 15) is 13.2 Å². The second-order valence-corrected chi connectivity index (χ2v) is 8.48. The first kappa shape index (κ1) is 19.5. The summed E-state index contributed by atoms with van der Waals surface area (Å²) in [7, 11) is -3.60. The monoisotopic (exact) mass is 387 g/mol. The van der Waals surface area contributed by atoms with E-state index in [0.29, 0.717) is 30.3 Å².